The molecule has 1 aromatic carbocycles. The van der Waals surface area contributed by atoms with Gasteiger partial charge >= 0.3 is 0 Å². The van der Waals surface area contributed by atoms with Gasteiger partial charge in [0.2, 0.25) is 5.91 Å². The van der Waals surface area contributed by atoms with Crippen molar-refractivity contribution >= 4 is 35.8 Å². The van der Waals surface area contributed by atoms with Crippen LogP contribution < -0.4 is 10.6 Å². The van der Waals surface area contributed by atoms with Crippen LogP contribution >= 0.6 is 24.0 Å². The number of nitrogens with zero attached hydrogens (tertiary/aromatic N) is 2. The highest BCUT2D eigenvalue weighted by molar-refractivity contribution is 14.0. The van der Waals surface area contributed by atoms with E-state index in [-0.39, 0.29) is 36.4 Å². The van der Waals surface area contributed by atoms with Gasteiger partial charge in [0, 0.05) is 20.6 Å². The first-order valence-corrected chi connectivity index (χ1v) is 7.93. The molecule has 1 aromatic rings. The number of amides is 1. The van der Waals surface area contributed by atoms with Gasteiger partial charge in [-0.15, -0.1) is 24.0 Å². The van der Waals surface area contributed by atoms with Gasteiger partial charge < -0.3 is 15.5 Å². The Labute approximate surface area is 156 Å². The van der Waals surface area contributed by atoms with Crippen LogP contribution in [0.3, 0.4) is 0 Å². The molecule has 2 rings (SSSR count). The van der Waals surface area contributed by atoms with Gasteiger partial charge in [-0.25, -0.2) is 4.99 Å². The van der Waals surface area contributed by atoms with Crippen molar-refractivity contribution in [3.8, 4) is 0 Å². The number of aryl methyl sites for hydroxylation is 2. The minimum atomic E-state index is 0. The number of guanidine groups is 1. The molecular weight excluding hydrogens is 403 g/mol. The first-order valence-electron chi connectivity index (χ1n) is 7.93. The molecule has 5 nitrogen and oxygen atoms in total. The summed E-state index contributed by atoms with van der Waals surface area (Å²) in [7, 11) is 3.50. The Morgan fingerprint density at radius 1 is 1.22 bits per heavy atom. The largest absolute Gasteiger partial charge is 0.357 e. The molecular formula is C17H27IN4O. The van der Waals surface area contributed by atoms with Crippen LogP contribution in [0.25, 0.3) is 0 Å². The van der Waals surface area contributed by atoms with Crippen molar-refractivity contribution in [3.05, 3.63) is 34.9 Å². The van der Waals surface area contributed by atoms with Crippen LogP contribution in [-0.4, -0.2) is 44.0 Å². The molecule has 23 heavy (non-hydrogen) atoms. The van der Waals surface area contributed by atoms with Crippen molar-refractivity contribution in [3.63, 3.8) is 0 Å². The van der Waals surface area contributed by atoms with Gasteiger partial charge in [0.1, 0.15) is 0 Å². The molecule has 0 unspecified atom stereocenters. The van der Waals surface area contributed by atoms with E-state index in [0.29, 0.717) is 12.5 Å². The van der Waals surface area contributed by atoms with Crippen molar-refractivity contribution in [1.82, 2.24) is 15.5 Å². The highest BCUT2D eigenvalue weighted by Crippen LogP contribution is 2.22. The summed E-state index contributed by atoms with van der Waals surface area (Å²) >= 11 is 0. The number of benzene rings is 1. The van der Waals surface area contributed by atoms with E-state index in [2.05, 4.69) is 33.8 Å². The summed E-state index contributed by atoms with van der Waals surface area (Å²) in [5, 5.41) is 6.24. The smallest absolute Gasteiger partial charge is 0.241 e. The molecule has 1 amide bonds. The second kappa shape index (κ2) is 9.75. The van der Waals surface area contributed by atoms with E-state index >= 15 is 0 Å². The number of carbonyl (C=O) groups is 1. The third kappa shape index (κ3) is 6.01. The molecule has 0 aliphatic heterocycles. The van der Waals surface area contributed by atoms with Crippen molar-refractivity contribution in [2.24, 2.45) is 4.99 Å². The molecule has 0 spiro atoms. The van der Waals surface area contributed by atoms with E-state index in [1.165, 1.54) is 36.0 Å². The van der Waals surface area contributed by atoms with Gasteiger partial charge in [-0.3, -0.25) is 4.79 Å². The van der Waals surface area contributed by atoms with Crippen molar-refractivity contribution < 1.29 is 4.79 Å². The van der Waals surface area contributed by atoms with E-state index in [1.54, 1.807) is 19.0 Å². The van der Waals surface area contributed by atoms with Crippen LogP contribution in [0.15, 0.2) is 23.2 Å². The third-order valence-electron chi connectivity index (χ3n) is 3.83. The lowest BCUT2D eigenvalue weighted by atomic mass is 10.1. The standard InChI is InChI=1S/C17H26N4O.HI/c1-4-18-17(20-12-16(22)21(2)3)19-11-13-8-9-14-6-5-7-15(14)10-13;/h8-10H,4-7,11-12H2,1-3H3,(H2,18,19,20);1H. The number of likely N-dealkylation sites (N-methyl/N-ethyl adjacent to an activating group) is 1. The van der Waals surface area contributed by atoms with Crippen LogP contribution in [-0.2, 0) is 24.2 Å². The Hall–Kier alpha value is -1.31. The topological polar surface area (TPSA) is 56.7 Å². The molecule has 0 bridgehead atoms. The molecule has 0 saturated heterocycles. The highest BCUT2D eigenvalue weighted by atomic mass is 127. The molecule has 0 heterocycles. The zero-order valence-corrected chi connectivity index (χ0v) is 16.5. The first kappa shape index (κ1) is 19.7. The lowest BCUT2D eigenvalue weighted by Gasteiger charge is -2.14. The van der Waals surface area contributed by atoms with E-state index in [4.69, 9.17) is 0 Å². The summed E-state index contributed by atoms with van der Waals surface area (Å²) in [5.41, 5.74) is 4.17. The Morgan fingerprint density at radius 3 is 2.65 bits per heavy atom. The number of rotatable bonds is 5. The van der Waals surface area contributed by atoms with E-state index in [1.807, 2.05) is 6.92 Å². The number of carbonyl (C=O) groups excluding carboxylic acids is 1. The predicted molar refractivity (Wildman–Crippen MR) is 105 cm³/mol. The molecule has 0 radical (unpaired) electrons. The average Bonchev–Trinajstić information content (AvgIpc) is 2.97. The van der Waals surface area contributed by atoms with Gasteiger partial charge in [-0.2, -0.15) is 0 Å². The molecule has 1 aliphatic rings. The molecule has 0 saturated carbocycles. The Balaban J connectivity index is 0.00000264. The Bertz CT molecular complexity index is 558. The van der Waals surface area contributed by atoms with Crippen LogP contribution in [0.5, 0.6) is 0 Å². The number of aliphatic imine (C=N–C) groups is 1. The van der Waals surface area contributed by atoms with E-state index in [9.17, 15) is 4.79 Å². The maximum absolute atomic E-state index is 11.6. The number of hydrogen-bond donors (Lipinski definition) is 2. The summed E-state index contributed by atoms with van der Waals surface area (Å²) in [5.74, 6) is 0.710. The summed E-state index contributed by atoms with van der Waals surface area (Å²) in [6, 6.07) is 6.64. The molecule has 0 aromatic heterocycles. The summed E-state index contributed by atoms with van der Waals surface area (Å²) < 4.78 is 0. The minimum absolute atomic E-state index is 0. The molecule has 0 atom stereocenters. The van der Waals surface area contributed by atoms with Crippen LogP contribution in [0, 0.1) is 0 Å². The fraction of sp³-hybridized carbons (Fsp3) is 0.529. The van der Waals surface area contributed by atoms with E-state index in [0.717, 1.165) is 6.54 Å². The highest BCUT2D eigenvalue weighted by Gasteiger charge is 2.10. The second-order valence-electron chi connectivity index (χ2n) is 5.79. The predicted octanol–water partition coefficient (Wildman–Crippen LogP) is 1.94. The van der Waals surface area contributed by atoms with Gasteiger partial charge in [-0.1, -0.05) is 18.2 Å². The SMILES string of the molecule is CCNC(=NCc1ccc2c(c1)CCC2)NCC(=O)N(C)C.I. The molecule has 1 aliphatic carbocycles. The minimum Gasteiger partial charge on any atom is -0.357 e. The lowest BCUT2D eigenvalue weighted by Crippen LogP contribution is -2.42. The first-order chi connectivity index (χ1) is 10.6. The average molecular weight is 430 g/mol. The van der Waals surface area contributed by atoms with Gasteiger partial charge in [0.15, 0.2) is 5.96 Å². The van der Waals surface area contributed by atoms with Crippen LogP contribution in [0.4, 0.5) is 0 Å². The second-order valence-corrected chi connectivity index (χ2v) is 5.79. The van der Waals surface area contributed by atoms with Gasteiger partial charge in [-0.05, 0) is 42.9 Å². The molecule has 6 heteroatoms. The summed E-state index contributed by atoms with van der Waals surface area (Å²) in [6.07, 6.45) is 3.65. The number of fused-ring (bicyclic) bond motifs is 1. The van der Waals surface area contributed by atoms with Gasteiger partial charge in [0.05, 0.1) is 13.1 Å². The quantitative estimate of drug-likeness (QED) is 0.427. The fourth-order valence-electron chi connectivity index (χ4n) is 2.55. The lowest BCUT2D eigenvalue weighted by molar-refractivity contribution is -0.127. The molecule has 0 fully saturated rings. The Morgan fingerprint density at radius 2 is 1.96 bits per heavy atom. The zero-order valence-electron chi connectivity index (χ0n) is 14.2. The maximum atomic E-state index is 11.6. The van der Waals surface area contributed by atoms with Crippen molar-refractivity contribution in [1.29, 1.82) is 0 Å². The van der Waals surface area contributed by atoms with Crippen LogP contribution in [0.2, 0.25) is 0 Å². The zero-order chi connectivity index (χ0) is 15.9. The van der Waals surface area contributed by atoms with Gasteiger partial charge in [0.25, 0.3) is 0 Å². The van der Waals surface area contributed by atoms with E-state index < -0.39 is 0 Å². The van der Waals surface area contributed by atoms with Crippen molar-refractivity contribution in [2.45, 2.75) is 32.7 Å². The number of hydrogen-bond acceptors (Lipinski definition) is 2. The normalized spacial score (nSPS) is 13.1. The molecule has 2 N–H and O–H groups in total. The monoisotopic (exact) mass is 430 g/mol. The third-order valence-corrected chi connectivity index (χ3v) is 3.83. The summed E-state index contributed by atoms with van der Waals surface area (Å²) in [4.78, 5) is 17.8. The summed E-state index contributed by atoms with van der Waals surface area (Å²) in [6.45, 7) is 3.66. The fourth-order valence-corrected chi connectivity index (χ4v) is 2.55. The number of halogens is 1. The van der Waals surface area contributed by atoms with Crippen LogP contribution in [0.1, 0.15) is 30.0 Å². The molecule has 128 valence electrons. The maximum Gasteiger partial charge on any atom is 0.241 e. The Kier molecular flexibility index (Phi) is 8.36. The van der Waals surface area contributed by atoms with Crippen molar-refractivity contribution in [2.75, 3.05) is 27.2 Å². The number of nitrogens with one attached hydrogen (secondary N) is 2.